The van der Waals surface area contributed by atoms with E-state index in [4.69, 9.17) is 11.6 Å². The van der Waals surface area contributed by atoms with Crippen molar-refractivity contribution in [3.8, 4) is 0 Å². The number of benzene rings is 1. The van der Waals surface area contributed by atoms with Gasteiger partial charge in [0.15, 0.2) is 0 Å². The topological polar surface area (TPSA) is 77.4 Å². The van der Waals surface area contributed by atoms with Crippen molar-refractivity contribution in [2.24, 2.45) is 7.05 Å². The predicted molar refractivity (Wildman–Crippen MR) is 98.4 cm³/mol. The third-order valence-electron chi connectivity index (χ3n) is 4.12. The summed E-state index contributed by atoms with van der Waals surface area (Å²) in [4.78, 5) is 36.3. The Morgan fingerprint density at radius 2 is 1.85 bits per heavy atom. The first-order chi connectivity index (χ1) is 12.2. The van der Waals surface area contributed by atoms with Crippen molar-refractivity contribution in [2.75, 3.05) is 7.11 Å². The molecule has 1 aromatic heterocycles. The number of ketones is 1. The fraction of sp³-hybridized carbons (Fsp3) is 0.316. The Labute approximate surface area is 157 Å². The van der Waals surface area contributed by atoms with Gasteiger partial charge < -0.3 is 14.6 Å². The molecule has 0 aliphatic carbocycles. The highest BCUT2D eigenvalue weighted by atomic mass is 35.5. The van der Waals surface area contributed by atoms with E-state index in [1.165, 1.54) is 7.11 Å². The molecule has 0 aliphatic heterocycles. The van der Waals surface area contributed by atoms with E-state index in [1.54, 1.807) is 48.9 Å². The summed E-state index contributed by atoms with van der Waals surface area (Å²) in [6.07, 6.45) is 0.0482. The third-order valence-corrected chi connectivity index (χ3v) is 4.37. The molecule has 1 N–H and O–H groups in total. The largest absolute Gasteiger partial charge is 0.467 e. The number of methoxy groups -OCH3 is 1. The van der Waals surface area contributed by atoms with Crippen LogP contribution >= 0.6 is 11.6 Å². The van der Waals surface area contributed by atoms with Crippen LogP contribution in [0.25, 0.3) is 0 Å². The Morgan fingerprint density at radius 1 is 1.23 bits per heavy atom. The number of hydrogen-bond acceptors (Lipinski definition) is 4. The molecule has 1 amide bonds. The Balaban J connectivity index is 2.19. The number of aromatic nitrogens is 1. The Bertz CT molecular complexity index is 840. The lowest BCUT2D eigenvalue weighted by molar-refractivity contribution is -0.144. The molecule has 0 radical (unpaired) electrons. The number of ether oxygens (including phenoxy) is 1. The second-order valence-corrected chi connectivity index (χ2v) is 6.49. The molecular weight excluding hydrogens is 356 g/mol. The predicted octanol–water partition coefficient (Wildman–Crippen LogP) is 2.44. The molecule has 2 rings (SSSR count). The van der Waals surface area contributed by atoms with E-state index in [1.807, 2.05) is 6.92 Å². The molecule has 0 fully saturated rings. The molecule has 6 nitrogen and oxygen atoms in total. The summed E-state index contributed by atoms with van der Waals surface area (Å²) in [7, 11) is 3.00. The van der Waals surface area contributed by atoms with Crippen molar-refractivity contribution < 1.29 is 19.1 Å². The summed E-state index contributed by atoms with van der Waals surface area (Å²) in [6.45, 7) is 3.37. The van der Waals surface area contributed by atoms with Crippen molar-refractivity contribution in [1.82, 2.24) is 9.88 Å². The van der Waals surface area contributed by atoms with Gasteiger partial charge in [-0.3, -0.25) is 9.59 Å². The first-order valence-corrected chi connectivity index (χ1v) is 8.45. The highest BCUT2D eigenvalue weighted by Gasteiger charge is 2.21. The zero-order valence-corrected chi connectivity index (χ0v) is 15.9. The molecule has 1 atom stereocenters. The molecule has 0 saturated carbocycles. The van der Waals surface area contributed by atoms with Gasteiger partial charge in [-0.15, -0.1) is 0 Å². The van der Waals surface area contributed by atoms with E-state index in [-0.39, 0.29) is 18.1 Å². The minimum Gasteiger partial charge on any atom is -0.467 e. The van der Waals surface area contributed by atoms with Crippen LogP contribution in [-0.4, -0.2) is 35.4 Å². The Kier molecular flexibility index (Phi) is 6.21. The van der Waals surface area contributed by atoms with Gasteiger partial charge in [-0.2, -0.15) is 0 Å². The van der Waals surface area contributed by atoms with Gasteiger partial charge in [0, 0.05) is 23.3 Å². The van der Waals surface area contributed by atoms with Crippen LogP contribution in [0.3, 0.4) is 0 Å². The van der Waals surface area contributed by atoms with Crippen LogP contribution in [0.1, 0.15) is 34.2 Å². The summed E-state index contributed by atoms with van der Waals surface area (Å²) in [5, 5.41) is 3.13. The standard InChI is InChI=1S/C19H21ClN2O4/c1-11-9-15(10-16(23)21-12(2)19(25)26-4)22(3)17(11)18(24)13-5-7-14(20)8-6-13/h5-9,12H,10H2,1-4H3,(H,21,23)/t12-/m0/s1. The van der Waals surface area contributed by atoms with Crippen molar-refractivity contribution in [1.29, 1.82) is 0 Å². The maximum Gasteiger partial charge on any atom is 0.328 e. The maximum atomic E-state index is 12.8. The molecular formula is C19H21ClN2O4. The molecule has 0 aliphatic rings. The van der Waals surface area contributed by atoms with E-state index >= 15 is 0 Å². The van der Waals surface area contributed by atoms with Gasteiger partial charge in [0.05, 0.1) is 19.2 Å². The zero-order valence-electron chi connectivity index (χ0n) is 15.1. The Morgan fingerprint density at radius 3 is 2.42 bits per heavy atom. The smallest absolute Gasteiger partial charge is 0.328 e. The molecule has 26 heavy (non-hydrogen) atoms. The average Bonchev–Trinajstić information content (AvgIpc) is 2.87. The van der Waals surface area contributed by atoms with E-state index < -0.39 is 12.0 Å². The van der Waals surface area contributed by atoms with E-state index in [0.29, 0.717) is 22.0 Å². The van der Waals surface area contributed by atoms with Gasteiger partial charge >= 0.3 is 5.97 Å². The number of halogens is 1. The van der Waals surface area contributed by atoms with Crippen LogP contribution in [-0.2, 0) is 27.8 Å². The minimum atomic E-state index is -0.732. The van der Waals surface area contributed by atoms with E-state index in [0.717, 1.165) is 5.56 Å². The number of amides is 1. The SMILES string of the molecule is COC(=O)[C@H](C)NC(=O)Cc1cc(C)c(C(=O)c2ccc(Cl)cc2)n1C. The molecule has 1 aromatic carbocycles. The number of carbonyl (C=O) groups is 3. The molecule has 138 valence electrons. The first kappa shape index (κ1) is 19.7. The molecule has 7 heteroatoms. The lowest BCUT2D eigenvalue weighted by Gasteiger charge is -2.12. The minimum absolute atomic E-state index is 0.0482. The number of aryl methyl sites for hydroxylation is 1. The number of rotatable bonds is 6. The van der Waals surface area contributed by atoms with Gasteiger partial charge in [-0.05, 0) is 49.7 Å². The van der Waals surface area contributed by atoms with Crippen molar-refractivity contribution in [3.05, 3.63) is 57.9 Å². The quantitative estimate of drug-likeness (QED) is 0.620. The van der Waals surface area contributed by atoms with Crippen molar-refractivity contribution in [2.45, 2.75) is 26.3 Å². The van der Waals surface area contributed by atoms with Gasteiger partial charge in [0.2, 0.25) is 11.7 Å². The van der Waals surface area contributed by atoms with E-state index in [2.05, 4.69) is 10.1 Å². The number of nitrogens with zero attached hydrogens (tertiary/aromatic N) is 1. The molecule has 0 unspecified atom stereocenters. The van der Waals surface area contributed by atoms with E-state index in [9.17, 15) is 14.4 Å². The fourth-order valence-electron chi connectivity index (χ4n) is 2.75. The summed E-state index contributed by atoms with van der Waals surface area (Å²) in [5.74, 6) is -0.981. The van der Waals surface area contributed by atoms with Crippen LogP contribution in [0.5, 0.6) is 0 Å². The summed E-state index contributed by atoms with van der Waals surface area (Å²) >= 11 is 5.87. The van der Waals surface area contributed by atoms with Gasteiger partial charge in [-0.1, -0.05) is 11.6 Å². The van der Waals surface area contributed by atoms with Crippen LogP contribution in [0.2, 0.25) is 5.02 Å². The molecule has 1 heterocycles. The second kappa shape index (κ2) is 8.19. The zero-order chi connectivity index (χ0) is 19.4. The normalized spacial score (nSPS) is 11.7. The number of esters is 1. The highest BCUT2D eigenvalue weighted by molar-refractivity contribution is 6.30. The number of nitrogens with one attached hydrogen (secondary N) is 1. The van der Waals surface area contributed by atoms with Gasteiger partial charge in [0.25, 0.3) is 0 Å². The highest BCUT2D eigenvalue weighted by Crippen LogP contribution is 2.20. The number of carbonyl (C=O) groups excluding carboxylic acids is 3. The average molecular weight is 377 g/mol. The van der Waals surface area contributed by atoms with Crippen molar-refractivity contribution >= 4 is 29.3 Å². The number of hydrogen-bond donors (Lipinski definition) is 1. The second-order valence-electron chi connectivity index (χ2n) is 6.05. The molecule has 0 saturated heterocycles. The summed E-state index contributed by atoms with van der Waals surface area (Å²) in [5.41, 5.74) is 2.48. The Hall–Kier alpha value is -2.60. The molecule has 0 bridgehead atoms. The summed E-state index contributed by atoms with van der Waals surface area (Å²) in [6, 6.07) is 7.73. The molecule has 0 spiro atoms. The monoisotopic (exact) mass is 376 g/mol. The van der Waals surface area contributed by atoms with Crippen LogP contribution in [0.4, 0.5) is 0 Å². The maximum absolute atomic E-state index is 12.8. The van der Waals surface area contributed by atoms with Crippen molar-refractivity contribution in [3.63, 3.8) is 0 Å². The van der Waals surface area contributed by atoms with Crippen LogP contribution < -0.4 is 5.32 Å². The van der Waals surface area contributed by atoms with Gasteiger partial charge in [0.1, 0.15) is 6.04 Å². The third kappa shape index (κ3) is 4.32. The lowest BCUT2D eigenvalue weighted by Crippen LogP contribution is -2.40. The van der Waals surface area contributed by atoms with Crippen LogP contribution in [0.15, 0.2) is 30.3 Å². The first-order valence-electron chi connectivity index (χ1n) is 8.07. The summed E-state index contributed by atoms with van der Waals surface area (Å²) < 4.78 is 6.29. The van der Waals surface area contributed by atoms with Gasteiger partial charge in [-0.25, -0.2) is 4.79 Å². The molecule has 2 aromatic rings. The fourth-order valence-corrected chi connectivity index (χ4v) is 2.88. The lowest BCUT2D eigenvalue weighted by atomic mass is 10.1. The van der Waals surface area contributed by atoms with Crippen LogP contribution in [0, 0.1) is 6.92 Å².